The fraction of sp³-hybridized carbons (Fsp3) is 0.250. The van der Waals surface area contributed by atoms with Gasteiger partial charge in [0.25, 0.3) is 0 Å². The largest absolute Gasteiger partial charge is 0.243 e. The first-order chi connectivity index (χ1) is 15.2. The highest BCUT2D eigenvalue weighted by Gasteiger charge is 2.40. The molecule has 0 bridgehead atoms. The highest BCUT2D eigenvalue weighted by Crippen LogP contribution is 2.33. The van der Waals surface area contributed by atoms with Crippen LogP contribution in [0.25, 0.3) is 0 Å². The number of benzene rings is 3. The van der Waals surface area contributed by atoms with Crippen LogP contribution in [0.2, 0.25) is 0 Å². The van der Waals surface area contributed by atoms with E-state index in [4.69, 9.17) is 0 Å². The van der Waals surface area contributed by atoms with Gasteiger partial charge in [-0.05, 0) is 43.7 Å². The molecule has 4 rings (SSSR count). The lowest BCUT2D eigenvalue weighted by molar-refractivity contribution is 0.202. The molecular formula is C24H26N2O4S2. The minimum atomic E-state index is -3.80. The Bertz CT molecular complexity index is 1290. The molecule has 1 saturated heterocycles. The van der Waals surface area contributed by atoms with E-state index >= 15 is 0 Å². The predicted molar refractivity (Wildman–Crippen MR) is 124 cm³/mol. The standard InChI is InChI=1S/C24H26N2O4S2/c1-19-8-12-22(13-9-19)31(27,28)25-16-17-26(24(18-25)21-6-4-3-5-7-21)32(29,30)23-14-10-20(2)11-15-23/h3-15,24H,16-18H2,1-2H3/t24-/m0/s1. The molecule has 0 amide bonds. The van der Waals surface area contributed by atoms with Crippen molar-refractivity contribution in [3.8, 4) is 0 Å². The number of piperazine rings is 1. The van der Waals surface area contributed by atoms with Gasteiger partial charge in [-0.2, -0.15) is 8.61 Å². The first kappa shape index (κ1) is 22.7. The first-order valence-corrected chi connectivity index (χ1v) is 13.3. The maximum Gasteiger partial charge on any atom is 0.243 e. The molecule has 1 aliphatic heterocycles. The lowest BCUT2D eigenvalue weighted by Crippen LogP contribution is -2.52. The van der Waals surface area contributed by atoms with Crippen molar-refractivity contribution in [1.29, 1.82) is 0 Å². The van der Waals surface area contributed by atoms with E-state index in [1.54, 1.807) is 48.5 Å². The van der Waals surface area contributed by atoms with Crippen LogP contribution in [0.15, 0.2) is 88.7 Å². The van der Waals surface area contributed by atoms with E-state index in [1.165, 1.54) is 8.61 Å². The molecule has 8 heteroatoms. The van der Waals surface area contributed by atoms with Gasteiger partial charge >= 0.3 is 0 Å². The minimum absolute atomic E-state index is 0.0469. The topological polar surface area (TPSA) is 74.8 Å². The fourth-order valence-corrected chi connectivity index (χ4v) is 6.93. The number of hydrogen-bond acceptors (Lipinski definition) is 4. The second kappa shape index (κ2) is 8.78. The Balaban J connectivity index is 1.71. The number of rotatable bonds is 5. The quantitative estimate of drug-likeness (QED) is 0.569. The molecule has 0 aliphatic carbocycles. The fourth-order valence-electron chi connectivity index (χ4n) is 3.90. The number of hydrogen-bond donors (Lipinski definition) is 0. The molecule has 1 atom stereocenters. The minimum Gasteiger partial charge on any atom is -0.207 e. The molecule has 6 nitrogen and oxygen atoms in total. The van der Waals surface area contributed by atoms with Crippen LogP contribution in [-0.2, 0) is 20.0 Å². The van der Waals surface area contributed by atoms with Crippen molar-refractivity contribution in [2.45, 2.75) is 29.7 Å². The van der Waals surface area contributed by atoms with E-state index < -0.39 is 26.1 Å². The highest BCUT2D eigenvalue weighted by molar-refractivity contribution is 7.89. The van der Waals surface area contributed by atoms with Crippen LogP contribution in [0.4, 0.5) is 0 Å². The molecule has 32 heavy (non-hydrogen) atoms. The molecule has 1 heterocycles. The monoisotopic (exact) mass is 470 g/mol. The second-order valence-corrected chi connectivity index (χ2v) is 11.9. The van der Waals surface area contributed by atoms with Gasteiger partial charge in [-0.25, -0.2) is 16.8 Å². The summed E-state index contributed by atoms with van der Waals surface area (Å²) in [6.45, 7) is 4.01. The third-order valence-corrected chi connectivity index (χ3v) is 9.57. The van der Waals surface area contributed by atoms with Gasteiger partial charge in [-0.1, -0.05) is 65.7 Å². The zero-order valence-electron chi connectivity index (χ0n) is 18.0. The van der Waals surface area contributed by atoms with E-state index in [0.717, 1.165) is 16.7 Å². The molecule has 0 spiro atoms. The van der Waals surface area contributed by atoms with Gasteiger partial charge in [0.15, 0.2) is 0 Å². The molecule has 168 valence electrons. The smallest absolute Gasteiger partial charge is 0.207 e. The van der Waals surface area contributed by atoms with E-state index in [9.17, 15) is 16.8 Å². The summed E-state index contributed by atoms with van der Waals surface area (Å²) in [7, 11) is -7.55. The van der Waals surface area contributed by atoms with Crippen molar-refractivity contribution in [2.75, 3.05) is 19.6 Å². The Morgan fingerprint density at radius 3 is 1.69 bits per heavy atom. The van der Waals surface area contributed by atoms with Crippen molar-refractivity contribution in [2.24, 2.45) is 0 Å². The molecule has 0 N–H and O–H groups in total. The summed E-state index contributed by atoms with van der Waals surface area (Å²) in [6, 6.07) is 22.0. The van der Waals surface area contributed by atoms with E-state index in [1.807, 2.05) is 44.2 Å². The first-order valence-electron chi connectivity index (χ1n) is 10.4. The maximum atomic E-state index is 13.5. The Hall–Kier alpha value is -2.52. The third kappa shape index (κ3) is 4.36. The van der Waals surface area contributed by atoms with Crippen LogP contribution in [0.5, 0.6) is 0 Å². The Kier molecular flexibility index (Phi) is 6.22. The SMILES string of the molecule is Cc1ccc(S(=O)(=O)N2CCN(S(=O)(=O)c3ccc(C)cc3)[C@H](c3ccccc3)C2)cc1. The van der Waals surface area contributed by atoms with Gasteiger partial charge in [0.05, 0.1) is 15.8 Å². The van der Waals surface area contributed by atoms with Crippen LogP contribution in [0.3, 0.4) is 0 Å². The van der Waals surface area contributed by atoms with Crippen molar-refractivity contribution in [3.63, 3.8) is 0 Å². The lowest BCUT2D eigenvalue weighted by atomic mass is 10.1. The van der Waals surface area contributed by atoms with Gasteiger partial charge in [-0.15, -0.1) is 0 Å². The summed E-state index contributed by atoms with van der Waals surface area (Å²) < 4.78 is 56.4. The predicted octanol–water partition coefficient (Wildman–Crippen LogP) is 3.74. The Labute approximate surface area is 190 Å². The summed E-state index contributed by atoms with van der Waals surface area (Å²) in [4.78, 5) is 0.420. The molecule has 1 aliphatic rings. The van der Waals surface area contributed by atoms with E-state index in [-0.39, 0.29) is 29.4 Å². The molecule has 0 saturated carbocycles. The number of sulfonamides is 2. The van der Waals surface area contributed by atoms with Gasteiger partial charge in [-0.3, -0.25) is 0 Å². The van der Waals surface area contributed by atoms with Crippen LogP contribution < -0.4 is 0 Å². The summed E-state index contributed by atoms with van der Waals surface area (Å²) in [5, 5.41) is 0. The number of nitrogens with zero attached hydrogens (tertiary/aromatic N) is 2. The Morgan fingerprint density at radius 2 is 1.16 bits per heavy atom. The van der Waals surface area contributed by atoms with Gasteiger partial charge in [0, 0.05) is 19.6 Å². The maximum absolute atomic E-state index is 13.5. The normalized spacial score (nSPS) is 18.5. The van der Waals surface area contributed by atoms with Crippen molar-refractivity contribution in [3.05, 3.63) is 95.6 Å². The van der Waals surface area contributed by atoms with E-state index in [2.05, 4.69) is 0 Å². The Morgan fingerprint density at radius 1 is 0.656 bits per heavy atom. The molecule has 0 unspecified atom stereocenters. The third-order valence-electron chi connectivity index (χ3n) is 5.76. The molecule has 0 aromatic heterocycles. The molecule has 3 aromatic carbocycles. The molecule has 0 radical (unpaired) electrons. The summed E-state index contributed by atoms with van der Waals surface area (Å²) in [6.07, 6.45) is 0. The van der Waals surface area contributed by atoms with Crippen LogP contribution in [0.1, 0.15) is 22.7 Å². The summed E-state index contributed by atoms with van der Waals surface area (Å²) in [5.74, 6) is 0. The average Bonchev–Trinajstić information content (AvgIpc) is 2.80. The van der Waals surface area contributed by atoms with Crippen molar-refractivity contribution in [1.82, 2.24) is 8.61 Å². The van der Waals surface area contributed by atoms with Gasteiger partial charge in [0.2, 0.25) is 20.0 Å². The van der Waals surface area contributed by atoms with Crippen LogP contribution in [-0.4, -0.2) is 45.1 Å². The zero-order chi connectivity index (χ0) is 22.9. The summed E-state index contributed by atoms with van der Waals surface area (Å²) >= 11 is 0. The second-order valence-electron chi connectivity index (χ2n) is 8.03. The zero-order valence-corrected chi connectivity index (χ0v) is 19.7. The molecule has 1 fully saturated rings. The summed E-state index contributed by atoms with van der Waals surface area (Å²) in [5.41, 5.74) is 2.70. The van der Waals surface area contributed by atoms with Gasteiger partial charge in [0.1, 0.15) is 0 Å². The van der Waals surface area contributed by atoms with Crippen molar-refractivity contribution >= 4 is 20.0 Å². The van der Waals surface area contributed by atoms with Crippen LogP contribution in [0, 0.1) is 13.8 Å². The number of aryl methyl sites for hydroxylation is 2. The lowest BCUT2D eigenvalue weighted by Gasteiger charge is -2.40. The molecule has 3 aromatic rings. The van der Waals surface area contributed by atoms with E-state index in [0.29, 0.717) is 0 Å². The average molecular weight is 471 g/mol. The molecular weight excluding hydrogens is 444 g/mol. The van der Waals surface area contributed by atoms with Crippen molar-refractivity contribution < 1.29 is 16.8 Å². The van der Waals surface area contributed by atoms with Crippen LogP contribution >= 0.6 is 0 Å². The van der Waals surface area contributed by atoms with Gasteiger partial charge < -0.3 is 0 Å². The highest BCUT2D eigenvalue weighted by atomic mass is 32.2.